The maximum absolute atomic E-state index is 11.8. The second-order valence-electron chi connectivity index (χ2n) is 8.14. The minimum atomic E-state index is -0.186. The molecule has 2 aliphatic carbocycles. The summed E-state index contributed by atoms with van der Waals surface area (Å²) in [6, 6.07) is 0. The van der Waals surface area contributed by atoms with Crippen LogP contribution in [0, 0.1) is 17.8 Å². The molecule has 0 radical (unpaired) electrons. The van der Waals surface area contributed by atoms with E-state index < -0.39 is 0 Å². The Bertz CT molecular complexity index is 421. The zero-order valence-corrected chi connectivity index (χ0v) is 16.4. The van der Waals surface area contributed by atoms with Crippen molar-refractivity contribution in [2.24, 2.45) is 17.8 Å². The molecule has 2 aliphatic rings. The highest BCUT2D eigenvalue weighted by Gasteiger charge is 2.31. The van der Waals surface area contributed by atoms with Crippen molar-refractivity contribution in [3.63, 3.8) is 0 Å². The lowest BCUT2D eigenvalue weighted by atomic mass is 9.70. The molecule has 0 N–H and O–H groups in total. The summed E-state index contributed by atoms with van der Waals surface area (Å²) in [6.07, 6.45) is 23.3. The Hall–Kier alpha value is -1.05. The van der Waals surface area contributed by atoms with Gasteiger partial charge in [0.1, 0.15) is 6.10 Å². The molecule has 0 spiro atoms. The van der Waals surface area contributed by atoms with E-state index in [0.29, 0.717) is 0 Å². The Balaban J connectivity index is 1.63. The number of ether oxygens (including phenoxy) is 1. The summed E-state index contributed by atoms with van der Waals surface area (Å²) >= 11 is 0. The van der Waals surface area contributed by atoms with Crippen LogP contribution in [-0.4, -0.2) is 12.1 Å². The van der Waals surface area contributed by atoms with Crippen molar-refractivity contribution in [3.8, 4) is 0 Å². The molecule has 0 amide bonds. The molecule has 0 aromatic carbocycles. The molecule has 0 unspecified atom stereocenters. The van der Waals surface area contributed by atoms with Crippen molar-refractivity contribution < 1.29 is 9.53 Å². The van der Waals surface area contributed by atoms with Gasteiger partial charge in [-0.05, 0) is 63.2 Å². The van der Waals surface area contributed by atoms with E-state index >= 15 is 0 Å². The van der Waals surface area contributed by atoms with E-state index in [2.05, 4.69) is 6.92 Å². The summed E-state index contributed by atoms with van der Waals surface area (Å²) in [5.41, 5.74) is 0. The summed E-state index contributed by atoms with van der Waals surface area (Å²) in [6.45, 7) is 4.23. The monoisotopic (exact) mass is 346 g/mol. The largest absolute Gasteiger partial charge is 0.459 e. The molecule has 0 atom stereocenters. The predicted octanol–water partition coefficient (Wildman–Crippen LogP) is 6.61. The van der Waals surface area contributed by atoms with Crippen LogP contribution < -0.4 is 0 Å². The molecular formula is C23H38O2. The maximum Gasteiger partial charge on any atom is 0.331 e. The third-order valence-electron chi connectivity index (χ3n) is 6.31. The second-order valence-corrected chi connectivity index (χ2v) is 8.14. The molecule has 2 nitrogen and oxygen atoms in total. The number of carbonyl (C=O) groups excluding carboxylic acids is 1. The molecule has 2 heteroatoms. The van der Waals surface area contributed by atoms with Crippen LogP contribution in [0.25, 0.3) is 0 Å². The number of unbranched alkanes of at least 4 members (excludes halogenated alkanes) is 2. The highest BCUT2D eigenvalue weighted by atomic mass is 16.5. The third kappa shape index (κ3) is 7.38. The number of hydrogen-bond acceptors (Lipinski definition) is 2. The lowest BCUT2D eigenvalue weighted by Gasteiger charge is -2.37. The summed E-state index contributed by atoms with van der Waals surface area (Å²) in [4.78, 5) is 11.8. The fraction of sp³-hybridized carbons (Fsp3) is 0.783. The molecule has 25 heavy (non-hydrogen) atoms. The van der Waals surface area contributed by atoms with Crippen molar-refractivity contribution >= 4 is 5.97 Å². The number of rotatable bonds is 8. The molecule has 0 heterocycles. The first-order valence-corrected chi connectivity index (χ1v) is 10.7. The van der Waals surface area contributed by atoms with Gasteiger partial charge in [0.15, 0.2) is 0 Å². The van der Waals surface area contributed by atoms with E-state index in [4.69, 9.17) is 4.74 Å². The molecule has 2 fully saturated rings. The molecule has 0 saturated heterocycles. The Kier molecular flexibility index (Phi) is 9.36. The molecule has 0 aromatic rings. The summed E-state index contributed by atoms with van der Waals surface area (Å²) in [7, 11) is 0. The Morgan fingerprint density at radius 2 is 1.56 bits per heavy atom. The molecular weight excluding hydrogens is 308 g/mol. The van der Waals surface area contributed by atoms with Gasteiger partial charge < -0.3 is 4.74 Å². The van der Waals surface area contributed by atoms with Gasteiger partial charge in [-0.1, -0.05) is 63.7 Å². The summed E-state index contributed by atoms with van der Waals surface area (Å²) in [5, 5.41) is 0. The fourth-order valence-electron chi connectivity index (χ4n) is 4.76. The van der Waals surface area contributed by atoms with Crippen LogP contribution >= 0.6 is 0 Å². The molecule has 2 saturated carbocycles. The van der Waals surface area contributed by atoms with Crippen LogP contribution in [0.5, 0.6) is 0 Å². The van der Waals surface area contributed by atoms with Crippen LogP contribution in [0.3, 0.4) is 0 Å². The van der Waals surface area contributed by atoms with Gasteiger partial charge in [0, 0.05) is 6.08 Å². The molecule has 0 aromatic heterocycles. The summed E-state index contributed by atoms with van der Waals surface area (Å²) in [5.74, 6) is 2.64. The number of hydrogen-bond donors (Lipinski definition) is 0. The summed E-state index contributed by atoms with van der Waals surface area (Å²) < 4.78 is 5.59. The topological polar surface area (TPSA) is 26.3 Å². The standard InChI is InChI=1S/C23H38O2/c1-3-5-7-9-19-11-13-20(14-12-19)21-15-17-22(18-16-21)25-23(24)10-8-6-4-2/h4,6,8,10,19-22H,3,5,7,9,11-18H2,1-2H3. The second kappa shape index (κ2) is 11.5. The van der Waals surface area contributed by atoms with Gasteiger partial charge >= 0.3 is 5.97 Å². The fourth-order valence-corrected chi connectivity index (χ4v) is 4.76. The third-order valence-corrected chi connectivity index (χ3v) is 6.31. The quantitative estimate of drug-likeness (QED) is 0.214. The van der Waals surface area contributed by atoms with Gasteiger partial charge in [-0.25, -0.2) is 4.79 Å². The van der Waals surface area contributed by atoms with Crippen LogP contribution in [0.15, 0.2) is 24.3 Å². The van der Waals surface area contributed by atoms with E-state index in [9.17, 15) is 4.79 Å². The van der Waals surface area contributed by atoms with E-state index in [1.54, 1.807) is 6.08 Å². The molecule has 142 valence electrons. The van der Waals surface area contributed by atoms with Gasteiger partial charge in [0.2, 0.25) is 0 Å². The first-order valence-electron chi connectivity index (χ1n) is 10.7. The average molecular weight is 347 g/mol. The van der Waals surface area contributed by atoms with Gasteiger partial charge in [-0.3, -0.25) is 0 Å². The van der Waals surface area contributed by atoms with Crippen molar-refractivity contribution in [3.05, 3.63) is 24.3 Å². The van der Waals surface area contributed by atoms with Gasteiger partial charge in [0.25, 0.3) is 0 Å². The highest BCUT2D eigenvalue weighted by molar-refractivity contribution is 5.82. The number of esters is 1. The smallest absolute Gasteiger partial charge is 0.331 e. The van der Waals surface area contributed by atoms with E-state index in [1.165, 1.54) is 70.3 Å². The maximum atomic E-state index is 11.8. The zero-order valence-electron chi connectivity index (χ0n) is 16.4. The Labute approximate surface area is 155 Å². The molecule has 2 rings (SSSR count). The van der Waals surface area contributed by atoms with Crippen molar-refractivity contribution in [2.45, 2.75) is 97.0 Å². The van der Waals surface area contributed by atoms with E-state index in [1.807, 2.05) is 19.1 Å². The van der Waals surface area contributed by atoms with Gasteiger partial charge in [0.05, 0.1) is 0 Å². The predicted molar refractivity (Wildman–Crippen MR) is 105 cm³/mol. The number of allylic oxidation sites excluding steroid dienone is 3. The Morgan fingerprint density at radius 1 is 0.920 bits per heavy atom. The minimum Gasteiger partial charge on any atom is -0.459 e. The normalized spacial score (nSPS) is 30.8. The molecule has 0 bridgehead atoms. The highest BCUT2D eigenvalue weighted by Crippen LogP contribution is 2.41. The van der Waals surface area contributed by atoms with Crippen LogP contribution in [0.4, 0.5) is 0 Å². The average Bonchev–Trinajstić information content (AvgIpc) is 2.63. The first kappa shape index (κ1) is 20.3. The van der Waals surface area contributed by atoms with E-state index in [-0.39, 0.29) is 12.1 Å². The first-order chi connectivity index (χ1) is 12.2. The zero-order chi connectivity index (χ0) is 17.9. The lowest BCUT2D eigenvalue weighted by molar-refractivity contribution is -0.145. The van der Waals surface area contributed by atoms with Gasteiger partial charge in [-0.2, -0.15) is 0 Å². The molecule has 0 aliphatic heterocycles. The van der Waals surface area contributed by atoms with Crippen LogP contribution in [0.1, 0.15) is 90.9 Å². The number of carbonyl (C=O) groups is 1. The van der Waals surface area contributed by atoms with Crippen molar-refractivity contribution in [1.29, 1.82) is 0 Å². The van der Waals surface area contributed by atoms with Crippen molar-refractivity contribution in [2.75, 3.05) is 0 Å². The van der Waals surface area contributed by atoms with Crippen LogP contribution in [-0.2, 0) is 9.53 Å². The lowest BCUT2D eigenvalue weighted by Crippen LogP contribution is -2.29. The SMILES string of the molecule is CC=CC=CC(=O)OC1CCC(C2CCC(CCCCC)CC2)CC1. The van der Waals surface area contributed by atoms with Gasteiger partial charge in [-0.15, -0.1) is 0 Å². The van der Waals surface area contributed by atoms with Crippen LogP contribution in [0.2, 0.25) is 0 Å². The Morgan fingerprint density at radius 3 is 2.16 bits per heavy atom. The van der Waals surface area contributed by atoms with Crippen molar-refractivity contribution in [1.82, 2.24) is 0 Å². The minimum absolute atomic E-state index is 0.143. The van der Waals surface area contributed by atoms with E-state index in [0.717, 1.165) is 30.6 Å².